The second kappa shape index (κ2) is 7.00. The van der Waals surface area contributed by atoms with Crippen LogP contribution in [0.15, 0.2) is 35.5 Å². The van der Waals surface area contributed by atoms with Crippen LogP contribution in [0.1, 0.15) is 31.5 Å². The molecule has 5 rings (SSSR count). The Hall–Kier alpha value is -2.19. The molecule has 28 heavy (non-hydrogen) atoms. The van der Waals surface area contributed by atoms with Gasteiger partial charge in [0, 0.05) is 36.4 Å². The van der Waals surface area contributed by atoms with E-state index in [4.69, 9.17) is 4.74 Å². The highest BCUT2D eigenvalue weighted by Gasteiger charge is 2.51. The van der Waals surface area contributed by atoms with Gasteiger partial charge in [-0.05, 0) is 58.4 Å². The fraction of sp³-hybridized carbons (Fsp3) is 0.500. The molecule has 2 bridgehead atoms. The summed E-state index contributed by atoms with van der Waals surface area (Å²) < 4.78 is 33.6. The summed E-state index contributed by atoms with van der Waals surface area (Å²) in [5.74, 6) is 1.59. The van der Waals surface area contributed by atoms with Gasteiger partial charge in [0.2, 0.25) is 10.0 Å². The Morgan fingerprint density at radius 2 is 1.71 bits per heavy atom. The summed E-state index contributed by atoms with van der Waals surface area (Å²) in [4.78, 5) is 11.2. The zero-order valence-corrected chi connectivity index (χ0v) is 17.5. The molecular formula is C20H26N4O3S. The zero-order valence-electron chi connectivity index (χ0n) is 16.7. The van der Waals surface area contributed by atoms with Crippen molar-refractivity contribution in [2.75, 3.05) is 18.0 Å². The van der Waals surface area contributed by atoms with Gasteiger partial charge in [-0.15, -0.1) is 0 Å². The van der Waals surface area contributed by atoms with E-state index in [1.807, 2.05) is 27.7 Å². The van der Waals surface area contributed by atoms with Crippen LogP contribution in [0.2, 0.25) is 0 Å². The molecular weight excluding hydrogens is 376 g/mol. The molecule has 3 fully saturated rings. The Balaban J connectivity index is 1.52. The minimum atomic E-state index is -3.51. The number of aromatic nitrogens is 2. The number of fused-ring (bicyclic) bond motifs is 2. The molecule has 0 aliphatic carbocycles. The van der Waals surface area contributed by atoms with Crippen LogP contribution in [0.3, 0.4) is 0 Å². The molecule has 150 valence electrons. The summed E-state index contributed by atoms with van der Waals surface area (Å²) in [6.07, 6.45) is 2.53. The van der Waals surface area contributed by atoms with Crippen molar-refractivity contribution in [3.8, 4) is 5.75 Å². The van der Waals surface area contributed by atoms with Gasteiger partial charge in [-0.2, -0.15) is 4.31 Å². The molecule has 3 aliphatic heterocycles. The summed E-state index contributed by atoms with van der Waals surface area (Å²) >= 11 is 0. The fourth-order valence-electron chi connectivity index (χ4n) is 4.07. The molecule has 8 heteroatoms. The van der Waals surface area contributed by atoms with Crippen LogP contribution in [-0.4, -0.2) is 54.0 Å². The molecule has 4 heterocycles. The number of hydrogen-bond acceptors (Lipinski definition) is 6. The Labute approximate surface area is 166 Å². The lowest BCUT2D eigenvalue weighted by Gasteiger charge is -2.55. The van der Waals surface area contributed by atoms with Crippen molar-refractivity contribution >= 4 is 15.8 Å². The summed E-state index contributed by atoms with van der Waals surface area (Å²) in [6.45, 7) is 9.18. The topological polar surface area (TPSA) is 75.6 Å². The van der Waals surface area contributed by atoms with Crippen LogP contribution in [0, 0.1) is 13.8 Å². The van der Waals surface area contributed by atoms with Gasteiger partial charge in [0.25, 0.3) is 0 Å². The normalized spacial score (nSPS) is 22.2. The molecule has 1 aromatic heterocycles. The largest absolute Gasteiger partial charge is 0.491 e. The summed E-state index contributed by atoms with van der Waals surface area (Å²) in [7, 11) is -3.51. The van der Waals surface area contributed by atoms with Gasteiger partial charge in [0.15, 0.2) is 0 Å². The van der Waals surface area contributed by atoms with E-state index < -0.39 is 10.0 Å². The van der Waals surface area contributed by atoms with Crippen molar-refractivity contribution < 1.29 is 13.2 Å². The van der Waals surface area contributed by atoms with Crippen molar-refractivity contribution in [3.05, 3.63) is 41.9 Å². The third kappa shape index (κ3) is 3.24. The lowest BCUT2D eigenvalue weighted by Crippen LogP contribution is -2.70. The first-order chi connectivity index (χ1) is 13.3. The van der Waals surface area contributed by atoms with Gasteiger partial charge in [-0.3, -0.25) is 0 Å². The molecule has 0 saturated carbocycles. The summed E-state index contributed by atoms with van der Waals surface area (Å²) in [5.41, 5.74) is 2.01. The molecule has 0 N–H and O–H groups in total. The number of piperazine rings is 1. The van der Waals surface area contributed by atoms with Crippen molar-refractivity contribution in [2.24, 2.45) is 0 Å². The van der Waals surface area contributed by atoms with Gasteiger partial charge in [0.05, 0.1) is 11.0 Å². The number of rotatable bonds is 5. The average molecular weight is 403 g/mol. The second-order valence-electron chi connectivity index (χ2n) is 7.83. The van der Waals surface area contributed by atoms with Gasteiger partial charge < -0.3 is 9.64 Å². The number of ether oxygens (including phenoxy) is 1. The molecule has 2 atom stereocenters. The highest BCUT2D eigenvalue weighted by atomic mass is 32.2. The maximum absolute atomic E-state index is 13.2. The second-order valence-corrected chi connectivity index (χ2v) is 9.67. The number of aryl methyl sites for hydroxylation is 1. The van der Waals surface area contributed by atoms with E-state index in [1.165, 1.54) is 0 Å². The van der Waals surface area contributed by atoms with E-state index in [-0.39, 0.29) is 18.2 Å². The van der Waals surface area contributed by atoms with Crippen LogP contribution in [-0.2, 0) is 10.0 Å². The van der Waals surface area contributed by atoms with Crippen molar-refractivity contribution in [1.29, 1.82) is 0 Å². The first-order valence-corrected chi connectivity index (χ1v) is 11.0. The molecule has 0 amide bonds. The van der Waals surface area contributed by atoms with E-state index in [0.717, 1.165) is 23.5 Å². The van der Waals surface area contributed by atoms with Gasteiger partial charge in [-0.25, -0.2) is 18.4 Å². The fourth-order valence-corrected chi connectivity index (χ4v) is 5.88. The quantitative estimate of drug-likeness (QED) is 0.765. The third-order valence-electron chi connectivity index (χ3n) is 5.51. The molecule has 0 radical (unpaired) electrons. The number of benzene rings is 1. The highest BCUT2D eigenvalue weighted by molar-refractivity contribution is 7.89. The Morgan fingerprint density at radius 3 is 2.32 bits per heavy atom. The Bertz CT molecular complexity index is 963. The van der Waals surface area contributed by atoms with Crippen LogP contribution in [0.25, 0.3) is 0 Å². The minimum absolute atomic E-state index is 0.0231. The first-order valence-electron chi connectivity index (χ1n) is 9.60. The predicted octanol–water partition coefficient (Wildman–Crippen LogP) is 2.53. The summed E-state index contributed by atoms with van der Waals surface area (Å²) in [6, 6.07) is 6.67. The molecule has 2 unspecified atom stereocenters. The van der Waals surface area contributed by atoms with E-state index in [9.17, 15) is 8.42 Å². The average Bonchev–Trinajstić information content (AvgIpc) is 2.63. The van der Waals surface area contributed by atoms with Gasteiger partial charge in [0.1, 0.15) is 17.9 Å². The molecule has 2 aromatic rings. The molecule has 7 nitrogen and oxygen atoms in total. The lowest BCUT2D eigenvalue weighted by atomic mass is 9.91. The predicted molar refractivity (Wildman–Crippen MR) is 107 cm³/mol. The van der Waals surface area contributed by atoms with Crippen LogP contribution < -0.4 is 9.64 Å². The van der Waals surface area contributed by atoms with Crippen molar-refractivity contribution in [3.63, 3.8) is 0 Å². The van der Waals surface area contributed by atoms with Gasteiger partial charge in [-0.1, -0.05) is 0 Å². The van der Waals surface area contributed by atoms with E-state index >= 15 is 0 Å². The number of piperidine rings is 1. The minimum Gasteiger partial charge on any atom is -0.491 e. The smallest absolute Gasteiger partial charge is 0.243 e. The van der Waals surface area contributed by atoms with Crippen LogP contribution in [0.5, 0.6) is 5.75 Å². The number of anilines is 1. The Kier molecular flexibility index (Phi) is 4.79. The van der Waals surface area contributed by atoms with Crippen LogP contribution >= 0.6 is 0 Å². The molecule has 3 saturated heterocycles. The maximum atomic E-state index is 13.2. The first kappa shape index (κ1) is 19.1. The number of hydrogen-bond donors (Lipinski definition) is 0. The molecule has 3 aliphatic rings. The van der Waals surface area contributed by atoms with E-state index in [1.54, 1.807) is 34.9 Å². The molecule has 0 spiro atoms. The number of nitrogens with zero attached hydrogens (tertiary/aromatic N) is 4. The number of sulfonamides is 1. The van der Waals surface area contributed by atoms with Crippen molar-refractivity contribution in [1.82, 2.24) is 14.3 Å². The van der Waals surface area contributed by atoms with E-state index in [2.05, 4.69) is 14.9 Å². The zero-order chi connectivity index (χ0) is 20.1. The van der Waals surface area contributed by atoms with Gasteiger partial charge >= 0.3 is 0 Å². The SMILES string of the molecule is Cc1ncnc(N2CC3CC(C2)N3S(=O)(=O)c2ccc(OC(C)C)cc2)c1C. The monoisotopic (exact) mass is 402 g/mol. The standard InChI is InChI=1S/C20H26N4O3S/c1-13(2)27-18-5-7-19(8-6-18)28(25,26)24-16-9-17(24)11-23(10-16)20-14(3)15(4)21-12-22-20/h5-8,12-13,16-17H,9-11H2,1-4H3. The van der Waals surface area contributed by atoms with Crippen molar-refractivity contribution in [2.45, 2.75) is 57.2 Å². The molecule has 1 aromatic carbocycles. The van der Waals surface area contributed by atoms with Crippen LogP contribution in [0.4, 0.5) is 5.82 Å². The Morgan fingerprint density at radius 1 is 1.07 bits per heavy atom. The van der Waals surface area contributed by atoms with E-state index in [0.29, 0.717) is 23.7 Å². The lowest BCUT2D eigenvalue weighted by molar-refractivity contribution is 0.0873. The third-order valence-corrected chi connectivity index (χ3v) is 7.53. The highest BCUT2D eigenvalue weighted by Crippen LogP contribution is 2.39. The summed E-state index contributed by atoms with van der Waals surface area (Å²) in [5, 5.41) is 0. The maximum Gasteiger partial charge on any atom is 0.243 e.